The van der Waals surface area contributed by atoms with Gasteiger partial charge >= 0.3 is 0 Å². The van der Waals surface area contributed by atoms with Crippen molar-refractivity contribution in [3.8, 4) is 0 Å². The fourth-order valence-electron chi connectivity index (χ4n) is 2.67. The zero-order valence-electron chi connectivity index (χ0n) is 15.5. The molecule has 0 fully saturated rings. The quantitative estimate of drug-likeness (QED) is 0.447. The predicted molar refractivity (Wildman–Crippen MR) is 104 cm³/mol. The molecule has 5 nitrogen and oxygen atoms in total. The molecule has 0 N–H and O–H groups in total. The first kappa shape index (κ1) is 18.6. The van der Waals surface area contributed by atoms with Gasteiger partial charge in [-0.3, -0.25) is 4.79 Å². The summed E-state index contributed by atoms with van der Waals surface area (Å²) in [5.41, 5.74) is 5.06. The molecule has 0 amide bonds. The number of ketones is 1. The molecule has 1 aliphatic rings. The molecule has 5 heteroatoms. The van der Waals surface area contributed by atoms with Crippen LogP contribution in [0.4, 0.5) is 11.4 Å². The van der Waals surface area contributed by atoms with Gasteiger partial charge in [0.2, 0.25) is 5.78 Å². The number of allylic oxidation sites excluding steroid dienone is 3. The summed E-state index contributed by atoms with van der Waals surface area (Å²) in [6.45, 7) is 10.2. The Balaban J connectivity index is 2.38. The molecule has 0 bridgehead atoms. The first-order chi connectivity index (χ1) is 12.0. The monoisotopic (exact) mass is 339 g/mol. The number of ether oxygens (including phenoxy) is 1. The van der Waals surface area contributed by atoms with Crippen molar-refractivity contribution in [1.29, 1.82) is 0 Å². The highest BCUT2D eigenvalue weighted by Gasteiger charge is 2.16. The maximum absolute atomic E-state index is 12.0. The highest BCUT2D eigenvalue weighted by molar-refractivity contribution is 6.22. The van der Waals surface area contributed by atoms with Crippen LogP contribution in [0.5, 0.6) is 0 Å². The van der Waals surface area contributed by atoms with Crippen molar-refractivity contribution in [2.24, 2.45) is 9.98 Å². The highest BCUT2D eigenvalue weighted by atomic mass is 16.5. The predicted octanol–water partition coefficient (Wildman–Crippen LogP) is 4.00. The Hall–Kier alpha value is -2.69. The van der Waals surface area contributed by atoms with Crippen LogP contribution in [0.2, 0.25) is 0 Å². The second-order valence-corrected chi connectivity index (χ2v) is 5.83. The van der Waals surface area contributed by atoms with Crippen LogP contribution in [0.1, 0.15) is 26.3 Å². The van der Waals surface area contributed by atoms with E-state index in [4.69, 9.17) is 9.73 Å². The summed E-state index contributed by atoms with van der Waals surface area (Å²) < 4.78 is 4.80. The molecule has 2 rings (SSSR count). The van der Waals surface area contributed by atoms with Gasteiger partial charge in [-0.2, -0.15) is 0 Å². The lowest BCUT2D eigenvalue weighted by molar-refractivity contribution is -0.111. The molecule has 0 atom stereocenters. The molecule has 0 unspecified atom stereocenters. The Bertz CT molecular complexity index is 769. The third-order valence-corrected chi connectivity index (χ3v) is 4.12. The van der Waals surface area contributed by atoms with Crippen LogP contribution < -0.4 is 4.90 Å². The first-order valence-electron chi connectivity index (χ1n) is 8.44. The number of aliphatic imine (C=N–C) groups is 2. The van der Waals surface area contributed by atoms with Crippen LogP contribution in [0.15, 0.2) is 51.6 Å². The summed E-state index contributed by atoms with van der Waals surface area (Å²) in [7, 11) is 1.49. The number of carbonyl (C=O) groups is 1. The van der Waals surface area contributed by atoms with Crippen molar-refractivity contribution in [2.75, 3.05) is 25.1 Å². The van der Waals surface area contributed by atoms with Gasteiger partial charge in [0.15, 0.2) is 6.40 Å². The molecular formula is C20H25N3O2. The first-order valence-corrected chi connectivity index (χ1v) is 8.44. The van der Waals surface area contributed by atoms with E-state index in [9.17, 15) is 4.79 Å². The number of hydrogen-bond donors (Lipinski definition) is 0. The largest absolute Gasteiger partial charge is 0.486 e. The number of carbonyl (C=O) groups excluding carboxylic acids is 1. The Labute approximate surface area is 149 Å². The zero-order chi connectivity index (χ0) is 18.4. The highest BCUT2D eigenvalue weighted by Crippen LogP contribution is 2.26. The van der Waals surface area contributed by atoms with Gasteiger partial charge in [0.05, 0.1) is 18.5 Å². The van der Waals surface area contributed by atoms with E-state index in [0.29, 0.717) is 5.70 Å². The second kappa shape index (κ2) is 8.42. The van der Waals surface area contributed by atoms with Crippen LogP contribution in [-0.4, -0.2) is 38.1 Å². The van der Waals surface area contributed by atoms with Gasteiger partial charge in [-0.25, -0.2) is 9.98 Å². The summed E-state index contributed by atoms with van der Waals surface area (Å²) in [4.78, 5) is 23.0. The van der Waals surface area contributed by atoms with Crippen molar-refractivity contribution < 1.29 is 9.53 Å². The Morgan fingerprint density at radius 2 is 1.88 bits per heavy atom. The average molecular weight is 339 g/mol. The van der Waals surface area contributed by atoms with Crippen LogP contribution in [-0.2, 0) is 9.53 Å². The number of rotatable bonds is 6. The van der Waals surface area contributed by atoms with E-state index < -0.39 is 0 Å². The number of benzene rings is 1. The molecule has 1 aliphatic carbocycles. The fourth-order valence-corrected chi connectivity index (χ4v) is 2.67. The van der Waals surface area contributed by atoms with E-state index in [0.717, 1.165) is 35.6 Å². The standard InChI is InChI=1S/C20H25N3O2/c1-6-23(7-2)16-8-9-17(14(3)10-16)22-18-12-19(21-13-25-5)20(24)11-15(18)4/h8-13H,6-7H2,1-5H3. The topological polar surface area (TPSA) is 54.3 Å². The molecular weight excluding hydrogens is 314 g/mol. The lowest BCUT2D eigenvalue weighted by Gasteiger charge is -2.21. The number of nitrogens with zero attached hydrogens (tertiary/aromatic N) is 3. The SMILES string of the molecule is CCN(CC)c1ccc(N=C2C=C(N=COC)C(=O)C=C2C)c(C)c1. The molecule has 0 saturated heterocycles. The summed E-state index contributed by atoms with van der Waals surface area (Å²) >= 11 is 0. The molecule has 132 valence electrons. The van der Waals surface area contributed by atoms with Gasteiger partial charge in [0.25, 0.3) is 0 Å². The van der Waals surface area contributed by atoms with Gasteiger partial charge in [0.1, 0.15) is 5.70 Å². The van der Waals surface area contributed by atoms with Gasteiger partial charge < -0.3 is 9.64 Å². The van der Waals surface area contributed by atoms with Crippen molar-refractivity contribution >= 4 is 29.3 Å². The minimum atomic E-state index is -0.140. The number of methoxy groups -OCH3 is 1. The Kier molecular flexibility index (Phi) is 6.28. The zero-order valence-corrected chi connectivity index (χ0v) is 15.5. The normalized spacial score (nSPS) is 16.2. The van der Waals surface area contributed by atoms with E-state index in [1.165, 1.54) is 19.2 Å². The van der Waals surface area contributed by atoms with Crippen molar-refractivity contribution in [3.05, 3.63) is 47.2 Å². The van der Waals surface area contributed by atoms with Gasteiger partial charge in [-0.1, -0.05) is 0 Å². The van der Waals surface area contributed by atoms with Crippen LogP contribution >= 0.6 is 0 Å². The minimum absolute atomic E-state index is 0.140. The van der Waals surface area contributed by atoms with E-state index in [1.54, 1.807) is 12.2 Å². The van der Waals surface area contributed by atoms with Crippen molar-refractivity contribution in [3.63, 3.8) is 0 Å². The van der Waals surface area contributed by atoms with Gasteiger partial charge in [-0.15, -0.1) is 0 Å². The summed E-state index contributed by atoms with van der Waals surface area (Å²) in [6.07, 6.45) is 4.51. The average Bonchev–Trinajstić information content (AvgIpc) is 2.59. The molecule has 0 heterocycles. The molecule has 1 aromatic carbocycles. The van der Waals surface area contributed by atoms with Crippen molar-refractivity contribution in [2.45, 2.75) is 27.7 Å². The van der Waals surface area contributed by atoms with Crippen LogP contribution in [0.3, 0.4) is 0 Å². The molecule has 1 aromatic rings. The van der Waals surface area contributed by atoms with E-state index in [1.807, 2.05) is 19.9 Å². The summed E-state index contributed by atoms with van der Waals surface area (Å²) in [5, 5.41) is 0. The maximum atomic E-state index is 12.0. The number of hydrogen-bond acceptors (Lipinski definition) is 5. The van der Waals surface area contributed by atoms with Crippen LogP contribution in [0, 0.1) is 6.92 Å². The molecule has 0 radical (unpaired) electrons. The van der Waals surface area contributed by atoms with Crippen LogP contribution in [0.25, 0.3) is 0 Å². The number of anilines is 1. The smallest absolute Gasteiger partial charge is 0.204 e. The third kappa shape index (κ3) is 4.44. The van der Waals surface area contributed by atoms with E-state index >= 15 is 0 Å². The summed E-state index contributed by atoms with van der Waals surface area (Å²) in [6, 6.07) is 6.25. The molecule has 0 spiro atoms. The second-order valence-electron chi connectivity index (χ2n) is 5.83. The van der Waals surface area contributed by atoms with Crippen molar-refractivity contribution in [1.82, 2.24) is 0 Å². The van der Waals surface area contributed by atoms with Gasteiger partial charge in [-0.05, 0) is 69.2 Å². The van der Waals surface area contributed by atoms with E-state index in [-0.39, 0.29) is 5.78 Å². The lowest BCUT2D eigenvalue weighted by atomic mass is 10.0. The third-order valence-electron chi connectivity index (χ3n) is 4.12. The maximum Gasteiger partial charge on any atom is 0.204 e. The minimum Gasteiger partial charge on any atom is -0.486 e. The molecule has 0 aliphatic heterocycles. The van der Waals surface area contributed by atoms with E-state index in [2.05, 4.69) is 35.9 Å². The fraction of sp³-hybridized carbons (Fsp3) is 0.350. The number of aryl methyl sites for hydroxylation is 1. The van der Waals surface area contributed by atoms with Gasteiger partial charge in [0, 0.05) is 18.8 Å². The molecule has 0 aromatic heterocycles. The Morgan fingerprint density at radius 3 is 2.48 bits per heavy atom. The Morgan fingerprint density at radius 1 is 1.16 bits per heavy atom. The molecule has 0 saturated carbocycles. The lowest BCUT2D eigenvalue weighted by Crippen LogP contribution is -2.21. The molecule has 25 heavy (non-hydrogen) atoms. The summed E-state index contributed by atoms with van der Waals surface area (Å²) in [5.74, 6) is -0.140.